The van der Waals surface area contributed by atoms with Crippen LogP contribution in [0.3, 0.4) is 0 Å². The van der Waals surface area contributed by atoms with E-state index >= 15 is 0 Å². The van der Waals surface area contributed by atoms with E-state index in [9.17, 15) is 4.79 Å². The Bertz CT molecular complexity index is 608. The standard InChI is InChI=1S/C15H18N2O3S/c1-4-20-14(18)13-9-17(2)15(16-13)21-10-11-5-7-12(19-3)8-6-11/h5-9H,4,10H2,1-3H3. The van der Waals surface area contributed by atoms with E-state index in [0.717, 1.165) is 16.7 Å². The Labute approximate surface area is 128 Å². The molecule has 0 spiro atoms. The van der Waals surface area contributed by atoms with Crippen LogP contribution in [0, 0.1) is 0 Å². The van der Waals surface area contributed by atoms with E-state index in [1.165, 1.54) is 5.56 Å². The number of nitrogens with zero attached hydrogens (tertiary/aromatic N) is 2. The number of carbonyl (C=O) groups is 1. The number of rotatable bonds is 6. The molecule has 5 nitrogen and oxygen atoms in total. The smallest absolute Gasteiger partial charge is 0.358 e. The number of carbonyl (C=O) groups excluding carboxylic acids is 1. The zero-order valence-electron chi connectivity index (χ0n) is 12.3. The predicted molar refractivity (Wildman–Crippen MR) is 81.7 cm³/mol. The third-order valence-corrected chi connectivity index (χ3v) is 3.96. The molecule has 112 valence electrons. The minimum absolute atomic E-state index is 0.344. The van der Waals surface area contributed by atoms with Crippen LogP contribution in [0.4, 0.5) is 0 Å². The highest BCUT2D eigenvalue weighted by Gasteiger charge is 2.13. The molecule has 0 unspecified atom stereocenters. The van der Waals surface area contributed by atoms with Crippen LogP contribution >= 0.6 is 11.8 Å². The van der Waals surface area contributed by atoms with Crippen LogP contribution in [0.15, 0.2) is 35.6 Å². The average Bonchev–Trinajstić information content (AvgIpc) is 2.87. The minimum Gasteiger partial charge on any atom is -0.497 e. The van der Waals surface area contributed by atoms with Gasteiger partial charge in [0, 0.05) is 19.0 Å². The zero-order valence-corrected chi connectivity index (χ0v) is 13.1. The van der Waals surface area contributed by atoms with Gasteiger partial charge in [-0.2, -0.15) is 0 Å². The van der Waals surface area contributed by atoms with Gasteiger partial charge in [-0.1, -0.05) is 23.9 Å². The number of hydrogen-bond acceptors (Lipinski definition) is 5. The second-order valence-corrected chi connectivity index (χ2v) is 5.32. The lowest BCUT2D eigenvalue weighted by Crippen LogP contribution is -2.04. The van der Waals surface area contributed by atoms with Gasteiger partial charge in [0.15, 0.2) is 10.9 Å². The lowest BCUT2D eigenvalue weighted by molar-refractivity contribution is 0.0519. The topological polar surface area (TPSA) is 53.4 Å². The van der Waals surface area contributed by atoms with E-state index in [1.54, 1.807) is 32.0 Å². The van der Waals surface area contributed by atoms with Crippen LogP contribution in [-0.4, -0.2) is 29.2 Å². The normalized spacial score (nSPS) is 10.4. The fourth-order valence-electron chi connectivity index (χ4n) is 1.76. The Morgan fingerprint density at radius 2 is 2.05 bits per heavy atom. The van der Waals surface area contributed by atoms with Crippen LogP contribution < -0.4 is 4.74 Å². The molecule has 0 aliphatic carbocycles. The predicted octanol–water partition coefficient (Wildman–Crippen LogP) is 2.90. The van der Waals surface area contributed by atoms with E-state index in [-0.39, 0.29) is 5.97 Å². The highest BCUT2D eigenvalue weighted by Crippen LogP contribution is 2.23. The van der Waals surface area contributed by atoms with Crippen molar-refractivity contribution in [2.45, 2.75) is 17.8 Å². The SMILES string of the molecule is CCOC(=O)c1cn(C)c(SCc2ccc(OC)cc2)n1. The summed E-state index contributed by atoms with van der Waals surface area (Å²) in [5.41, 5.74) is 1.51. The van der Waals surface area contributed by atoms with E-state index in [2.05, 4.69) is 4.98 Å². The number of hydrogen-bond donors (Lipinski definition) is 0. The van der Waals surface area contributed by atoms with Crippen molar-refractivity contribution in [3.8, 4) is 5.75 Å². The number of imidazole rings is 1. The first-order valence-electron chi connectivity index (χ1n) is 6.60. The van der Waals surface area contributed by atoms with E-state index in [1.807, 2.05) is 35.9 Å². The summed E-state index contributed by atoms with van der Waals surface area (Å²) in [7, 11) is 3.51. The first-order valence-corrected chi connectivity index (χ1v) is 7.58. The number of aryl methyl sites for hydroxylation is 1. The third-order valence-electron chi connectivity index (χ3n) is 2.85. The summed E-state index contributed by atoms with van der Waals surface area (Å²) >= 11 is 1.57. The van der Waals surface area contributed by atoms with Gasteiger partial charge >= 0.3 is 5.97 Å². The second-order valence-electron chi connectivity index (χ2n) is 4.38. The maximum Gasteiger partial charge on any atom is 0.358 e. The number of methoxy groups -OCH3 is 1. The monoisotopic (exact) mass is 306 g/mol. The molecule has 0 saturated heterocycles. The van der Waals surface area contributed by atoms with Crippen molar-refractivity contribution >= 4 is 17.7 Å². The molecule has 1 aromatic heterocycles. The lowest BCUT2D eigenvalue weighted by atomic mass is 10.2. The quantitative estimate of drug-likeness (QED) is 0.607. The lowest BCUT2D eigenvalue weighted by Gasteiger charge is -2.03. The van der Waals surface area contributed by atoms with E-state index in [4.69, 9.17) is 9.47 Å². The number of thioether (sulfide) groups is 1. The molecule has 6 heteroatoms. The Morgan fingerprint density at radius 1 is 1.33 bits per heavy atom. The molecule has 0 radical (unpaired) electrons. The van der Waals surface area contributed by atoms with E-state index < -0.39 is 0 Å². The van der Waals surface area contributed by atoms with Gasteiger partial charge in [0.25, 0.3) is 0 Å². The first kappa shape index (κ1) is 15.4. The molecular weight excluding hydrogens is 288 g/mol. The van der Waals surface area contributed by atoms with E-state index in [0.29, 0.717) is 12.3 Å². The Morgan fingerprint density at radius 3 is 2.67 bits per heavy atom. The van der Waals surface area contributed by atoms with Gasteiger partial charge in [-0.05, 0) is 24.6 Å². The Hall–Kier alpha value is -1.95. The van der Waals surface area contributed by atoms with Gasteiger partial charge in [-0.3, -0.25) is 0 Å². The molecule has 2 rings (SSSR count). The summed E-state index contributed by atoms with van der Waals surface area (Å²) in [6.45, 7) is 2.13. The molecule has 0 bridgehead atoms. The van der Waals surface area contributed by atoms with Crippen molar-refractivity contribution in [3.63, 3.8) is 0 Å². The summed E-state index contributed by atoms with van der Waals surface area (Å²) in [6, 6.07) is 7.89. The Balaban J connectivity index is 2.00. The largest absolute Gasteiger partial charge is 0.497 e. The molecule has 0 amide bonds. The summed E-state index contributed by atoms with van der Waals surface area (Å²) in [6.07, 6.45) is 1.69. The van der Waals surface area contributed by atoms with Crippen molar-refractivity contribution in [1.29, 1.82) is 0 Å². The van der Waals surface area contributed by atoms with Gasteiger partial charge in [0.2, 0.25) is 0 Å². The molecule has 0 N–H and O–H groups in total. The maximum absolute atomic E-state index is 11.6. The molecule has 1 aromatic carbocycles. The fourth-order valence-corrected chi connectivity index (χ4v) is 2.66. The van der Waals surface area contributed by atoms with Gasteiger partial charge < -0.3 is 14.0 Å². The van der Waals surface area contributed by atoms with Gasteiger partial charge in [-0.25, -0.2) is 9.78 Å². The van der Waals surface area contributed by atoms with Crippen molar-refractivity contribution in [1.82, 2.24) is 9.55 Å². The van der Waals surface area contributed by atoms with Gasteiger partial charge in [0.05, 0.1) is 13.7 Å². The molecule has 1 heterocycles. The van der Waals surface area contributed by atoms with Crippen LogP contribution in [0.2, 0.25) is 0 Å². The molecule has 0 saturated carbocycles. The van der Waals surface area contributed by atoms with Crippen LogP contribution in [0.5, 0.6) is 5.75 Å². The first-order chi connectivity index (χ1) is 10.1. The third kappa shape index (κ3) is 4.01. The summed E-state index contributed by atoms with van der Waals surface area (Å²) < 4.78 is 11.9. The molecule has 21 heavy (non-hydrogen) atoms. The second kappa shape index (κ2) is 7.17. The minimum atomic E-state index is -0.385. The molecule has 0 atom stereocenters. The highest BCUT2D eigenvalue weighted by atomic mass is 32.2. The van der Waals surface area contributed by atoms with Crippen LogP contribution in [0.25, 0.3) is 0 Å². The highest BCUT2D eigenvalue weighted by molar-refractivity contribution is 7.98. The van der Waals surface area contributed by atoms with Crippen molar-refractivity contribution < 1.29 is 14.3 Å². The van der Waals surface area contributed by atoms with Crippen LogP contribution in [0.1, 0.15) is 23.0 Å². The average molecular weight is 306 g/mol. The summed E-state index contributed by atoms with van der Waals surface area (Å²) in [5.74, 6) is 1.23. The Kier molecular flexibility index (Phi) is 5.27. The van der Waals surface area contributed by atoms with Crippen molar-refractivity contribution in [2.75, 3.05) is 13.7 Å². The molecule has 0 fully saturated rings. The molecule has 0 aliphatic rings. The summed E-state index contributed by atoms with van der Waals surface area (Å²) in [5, 5.41) is 0.786. The number of esters is 1. The number of ether oxygens (including phenoxy) is 2. The summed E-state index contributed by atoms with van der Waals surface area (Å²) in [4.78, 5) is 15.9. The van der Waals surface area contributed by atoms with Crippen molar-refractivity contribution in [3.05, 3.63) is 41.7 Å². The maximum atomic E-state index is 11.6. The number of benzene rings is 1. The van der Waals surface area contributed by atoms with Crippen LogP contribution in [-0.2, 0) is 17.5 Å². The zero-order chi connectivity index (χ0) is 15.2. The van der Waals surface area contributed by atoms with Gasteiger partial charge in [-0.15, -0.1) is 0 Å². The van der Waals surface area contributed by atoms with Crippen molar-refractivity contribution in [2.24, 2.45) is 7.05 Å². The molecule has 0 aliphatic heterocycles. The molecule has 2 aromatic rings. The van der Waals surface area contributed by atoms with Gasteiger partial charge in [0.1, 0.15) is 5.75 Å². The molecular formula is C15H18N2O3S. The fraction of sp³-hybridized carbons (Fsp3) is 0.333. The number of aromatic nitrogens is 2.